The largest absolute Gasteiger partial charge is 0.409 e. The maximum Gasteiger partial charge on any atom is 0.170 e. The van der Waals surface area contributed by atoms with Gasteiger partial charge in [-0.25, -0.2) is 4.39 Å². The molecule has 0 radical (unpaired) electrons. The molecule has 0 saturated carbocycles. The monoisotopic (exact) mass is 221 g/mol. The maximum absolute atomic E-state index is 12.3. The number of nitrogens with two attached hydrogens (primary N) is 1. The van der Waals surface area contributed by atoms with Crippen LogP contribution in [0.1, 0.15) is 5.56 Å². The number of rotatable bonds is 3. The summed E-state index contributed by atoms with van der Waals surface area (Å²) < 4.78 is 14.1. The number of amidine groups is 1. The van der Waals surface area contributed by atoms with E-state index in [-0.39, 0.29) is 5.84 Å². The second-order valence-electron chi connectivity index (χ2n) is 3.46. The normalized spacial score (nSPS) is 12.2. The summed E-state index contributed by atoms with van der Waals surface area (Å²) in [5.41, 5.74) is 6.99. The van der Waals surface area contributed by atoms with Crippen LogP contribution in [-0.2, 0) is 6.54 Å². The van der Waals surface area contributed by atoms with Crippen molar-refractivity contribution in [3.8, 4) is 0 Å². The highest BCUT2D eigenvalue weighted by Crippen LogP contribution is 2.17. The SMILES string of the molecule is N/C(=N/O)c1ccc2ccn(CCF)c2c1. The molecule has 0 amide bonds. The minimum absolute atomic E-state index is 0.0508. The number of alkyl halides is 1. The molecule has 0 unspecified atom stereocenters. The molecule has 1 heterocycles. The van der Waals surface area contributed by atoms with Gasteiger partial charge in [0.1, 0.15) is 6.67 Å². The molecule has 0 atom stereocenters. The summed E-state index contributed by atoms with van der Waals surface area (Å²) in [6, 6.07) is 7.30. The predicted molar refractivity (Wildman–Crippen MR) is 60.4 cm³/mol. The van der Waals surface area contributed by atoms with E-state index in [1.807, 2.05) is 18.3 Å². The van der Waals surface area contributed by atoms with Crippen molar-refractivity contribution in [2.75, 3.05) is 6.67 Å². The van der Waals surface area contributed by atoms with Gasteiger partial charge in [0, 0.05) is 17.3 Å². The zero-order valence-electron chi connectivity index (χ0n) is 8.60. The van der Waals surface area contributed by atoms with E-state index in [1.54, 1.807) is 16.7 Å². The van der Waals surface area contributed by atoms with Crippen LogP contribution in [0.2, 0.25) is 0 Å². The molecule has 3 N–H and O–H groups in total. The van der Waals surface area contributed by atoms with Gasteiger partial charge in [-0.2, -0.15) is 0 Å². The average molecular weight is 221 g/mol. The van der Waals surface area contributed by atoms with E-state index in [9.17, 15) is 4.39 Å². The number of oxime groups is 1. The number of benzene rings is 1. The van der Waals surface area contributed by atoms with Gasteiger partial charge in [0.2, 0.25) is 0 Å². The molecule has 1 aromatic heterocycles. The third kappa shape index (κ3) is 1.71. The van der Waals surface area contributed by atoms with Crippen molar-refractivity contribution < 1.29 is 9.60 Å². The zero-order chi connectivity index (χ0) is 11.5. The van der Waals surface area contributed by atoms with Crippen LogP contribution in [0.15, 0.2) is 35.6 Å². The number of fused-ring (bicyclic) bond motifs is 1. The lowest BCUT2D eigenvalue weighted by molar-refractivity contribution is 0.318. The van der Waals surface area contributed by atoms with Crippen LogP contribution in [0.5, 0.6) is 0 Å². The molecule has 16 heavy (non-hydrogen) atoms. The molecule has 5 heteroatoms. The summed E-state index contributed by atoms with van der Waals surface area (Å²) in [5, 5.41) is 12.5. The minimum Gasteiger partial charge on any atom is -0.409 e. The van der Waals surface area contributed by atoms with E-state index in [0.717, 1.165) is 10.9 Å². The average Bonchev–Trinajstić information content (AvgIpc) is 2.71. The van der Waals surface area contributed by atoms with Gasteiger partial charge in [0.15, 0.2) is 5.84 Å². The van der Waals surface area contributed by atoms with Crippen molar-refractivity contribution >= 4 is 16.7 Å². The summed E-state index contributed by atoms with van der Waals surface area (Å²) in [6.45, 7) is -0.110. The minimum atomic E-state index is -0.419. The highest BCUT2D eigenvalue weighted by Gasteiger charge is 2.04. The smallest absolute Gasteiger partial charge is 0.170 e. The Hall–Kier alpha value is -2.04. The van der Waals surface area contributed by atoms with Gasteiger partial charge in [-0.05, 0) is 17.5 Å². The van der Waals surface area contributed by atoms with Crippen LogP contribution in [0, 0.1) is 0 Å². The Morgan fingerprint density at radius 2 is 2.25 bits per heavy atom. The van der Waals surface area contributed by atoms with Crippen LogP contribution < -0.4 is 5.73 Å². The van der Waals surface area contributed by atoms with Gasteiger partial charge in [-0.15, -0.1) is 0 Å². The van der Waals surface area contributed by atoms with E-state index in [2.05, 4.69) is 5.16 Å². The molecule has 1 aromatic carbocycles. The first-order valence-corrected chi connectivity index (χ1v) is 4.89. The Bertz CT molecular complexity index is 533. The van der Waals surface area contributed by atoms with Crippen LogP contribution in [0.4, 0.5) is 4.39 Å². The quantitative estimate of drug-likeness (QED) is 0.358. The molecule has 2 aromatic rings. The second kappa shape index (κ2) is 4.22. The lowest BCUT2D eigenvalue weighted by Crippen LogP contribution is -2.13. The number of halogens is 1. The molecular weight excluding hydrogens is 209 g/mol. The van der Waals surface area contributed by atoms with Crippen LogP contribution in [0.25, 0.3) is 10.9 Å². The molecule has 0 aliphatic heterocycles. The van der Waals surface area contributed by atoms with Crippen molar-refractivity contribution in [1.82, 2.24) is 4.57 Å². The van der Waals surface area contributed by atoms with Crippen molar-refractivity contribution in [3.63, 3.8) is 0 Å². The lowest BCUT2D eigenvalue weighted by Gasteiger charge is -2.03. The van der Waals surface area contributed by atoms with Gasteiger partial charge in [-0.1, -0.05) is 17.3 Å². The Balaban J connectivity index is 2.54. The summed E-state index contributed by atoms with van der Waals surface area (Å²) in [5.74, 6) is 0.0508. The summed E-state index contributed by atoms with van der Waals surface area (Å²) in [6.07, 6.45) is 1.82. The Morgan fingerprint density at radius 1 is 1.44 bits per heavy atom. The standard InChI is InChI=1S/C11H12FN3O/c12-4-6-15-5-3-8-1-2-9(7-10(8)15)11(13)14-16/h1-3,5,7,16H,4,6H2,(H2,13,14). The Kier molecular flexibility index (Phi) is 2.76. The first-order valence-electron chi connectivity index (χ1n) is 4.89. The van der Waals surface area contributed by atoms with E-state index in [1.165, 1.54) is 0 Å². The fourth-order valence-corrected chi connectivity index (χ4v) is 1.69. The first-order chi connectivity index (χ1) is 7.76. The topological polar surface area (TPSA) is 63.5 Å². The summed E-state index contributed by atoms with van der Waals surface area (Å²) >= 11 is 0. The third-order valence-corrected chi connectivity index (χ3v) is 2.50. The molecule has 0 fully saturated rings. The highest BCUT2D eigenvalue weighted by molar-refractivity contribution is 6.00. The Labute approximate surface area is 91.8 Å². The summed E-state index contributed by atoms with van der Waals surface area (Å²) in [7, 11) is 0. The molecule has 4 nitrogen and oxygen atoms in total. The highest BCUT2D eigenvalue weighted by atomic mass is 19.1. The van der Waals surface area contributed by atoms with Crippen LogP contribution in [-0.4, -0.2) is 22.3 Å². The van der Waals surface area contributed by atoms with Gasteiger partial charge >= 0.3 is 0 Å². The molecule has 0 bridgehead atoms. The molecule has 0 saturated heterocycles. The molecular formula is C11H12FN3O. The van der Waals surface area contributed by atoms with Crippen molar-refractivity contribution in [2.45, 2.75) is 6.54 Å². The molecule has 0 aliphatic carbocycles. The number of hydrogen-bond donors (Lipinski definition) is 2. The maximum atomic E-state index is 12.3. The van der Waals surface area contributed by atoms with Crippen LogP contribution in [0.3, 0.4) is 0 Å². The predicted octanol–water partition coefficient (Wildman–Crippen LogP) is 1.71. The second-order valence-corrected chi connectivity index (χ2v) is 3.46. The van der Waals surface area contributed by atoms with E-state index >= 15 is 0 Å². The van der Waals surface area contributed by atoms with Crippen molar-refractivity contribution in [3.05, 3.63) is 36.0 Å². The number of aryl methyl sites for hydroxylation is 1. The molecule has 0 spiro atoms. The van der Waals surface area contributed by atoms with Crippen LogP contribution >= 0.6 is 0 Å². The van der Waals surface area contributed by atoms with E-state index in [0.29, 0.717) is 12.1 Å². The molecule has 0 aliphatic rings. The first kappa shape index (κ1) is 10.5. The lowest BCUT2D eigenvalue weighted by atomic mass is 10.1. The van der Waals surface area contributed by atoms with Gasteiger partial charge in [0.25, 0.3) is 0 Å². The third-order valence-electron chi connectivity index (χ3n) is 2.50. The molecule has 2 rings (SSSR count). The van der Waals surface area contributed by atoms with Gasteiger partial charge in [0.05, 0.1) is 6.54 Å². The van der Waals surface area contributed by atoms with E-state index in [4.69, 9.17) is 10.9 Å². The fourth-order valence-electron chi connectivity index (χ4n) is 1.69. The van der Waals surface area contributed by atoms with Crippen molar-refractivity contribution in [2.24, 2.45) is 10.9 Å². The van der Waals surface area contributed by atoms with E-state index < -0.39 is 6.67 Å². The number of nitrogens with zero attached hydrogens (tertiary/aromatic N) is 2. The molecule has 84 valence electrons. The fraction of sp³-hybridized carbons (Fsp3) is 0.182. The van der Waals surface area contributed by atoms with Crippen molar-refractivity contribution in [1.29, 1.82) is 0 Å². The van der Waals surface area contributed by atoms with Gasteiger partial charge in [-0.3, -0.25) is 0 Å². The van der Waals surface area contributed by atoms with Gasteiger partial charge < -0.3 is 15.5 Å². The number of hydrogen-bond acceptors (Lipinski definition) is 2. The number of aromatic nitrogens is 1. The zero-order valence-corrected chi connectivity index (χ0v) is 8.60. The Morgan fingerprint density at radius 3 is 2.94 bits per heavy atom. The summed E-state index contributed by atoms with van der Waals surface area (Å²) in [4.78, 5) is 0.